The third-order valence-electron chi connectivity index (χ3n) is 4.47. The van der Waals surface area contributed by atoms with Gasteiger partial charge in [-0.2, -0.15) is 0 Å². The Bertz CT molecular complexity index is 647. The molecule has 2 aliphatic rings. The van der Waals surface area contributed by atoms with Gasteiger partial charge in [-0.3, -0.25) is 9.59 Å². The lowest BCUT2D eigenvalue weighted by molar-refractivity contribution is -0.134. The Kier molecular flexibility index (Phi) is 4.37. The summed E-state index contributed by atoms with van der Waals surface area (Å²) in [6.07, 6.45) is 3.05. The van der Waals surface area contributed by atoms with E-state index in [1.54, 1.807) is 7.11 Å². The SMILES string of the molecule is COc1ccc(/C(OC(C)=O)=C2/CCC(=O)N3CCCC23)cc1. The average molecular weight is 315 g/mol. The zero-order valence-electron chi connectivity index (χ0n) is 13.5. The van der Waals surface area contributed by atoms with Gasteiger partial charge in [-0.25, -0.2) is 0 Å². The Morgan fingerprint density at radius 2 is 1.96 bits per heavy atom. The fourth-order valence-corrected chi connectivity index (χ4v) is 3.44. The van der Waals surface area contributed by atoms with Gasteiger partial charge in [0, 0.05) is 25.5 Å². The average Bonchev–Trinajstić information content (AvgIpc) is 3.04. The van der Waals surface area contributed by atoms with Crippen molar-refractivity contribution >= 4 is 17.6 Å². The van der Waals surface area contributed by atoms with Crippen LogP contribution in [-0.4, -0.2) is 36.5 Å². The number of hydrogen-bond donors (Lipinski definition) is 0. The lowest BCUT2D eigenvalue weighted by atomic mass is 9.92. The predicted octanol–water partition coefficient (Wildman–Crippen LogP) is 2.75. The molecule has 23 heavy (non-hydrogen) atoms. The van der Waals surface area contributed by atoms with Crippen molar-refractivity contribution < 1.29 is 19.1 Å². The number of nitrogens with zero attached hydrogens (tertiary/aromatic N) is 1. The third-order valence-corrected chi connectivity index (χ3v) is 4.47. The second-order valence-corrected chi connectivity index (χ2v) is 5.92. The number of piperidine rings is 1. The highest BCUT2D eigenvalue weighted by molar-refractivity contribution is 5.83. The Hall–Kier alpha value is -2.30. The van der Waals surface area contributed by atoms with Crippen LogP contribution in [0.1, 0.15) is 38.2 Å². The maximum absolute atomic E-state index is 12.1. The van der Waals surface area contributed by atoms with Crippen molar-refractivity contribution in [2.75, 3.05) is 13.7 Å². The number of hydrogen-bond acceptors (Lipinski definition) is 4. The summed E-state index contributed by atoms with van der Waals surface area (Å²) in [4.78, 5) is 25.6. The molecule has 1 amide bonds. The van der Waals surface area contributed by atoms with Crippen LogP contribution in [0.25, 0.3) is 5.76 Å². The molecule has 5 heteroatoms. The summed E-state index contributed by atoms with van der Waals surface area (Å²) < 4.78 is 10.7. The van der Waals surface area contributed by atoms with E-state index in [0.717, 1.165) is 36.3 Å². The molecule has 2 heterocycles. The first kappa shape index (κ1) is 15.6. The van der Waals surface area contributed by atoms with Crippen LogP contribution in [0.5, 0.6) is 5.75 Å². The normalized spacial score (nSPS) is 22.6. The molecule has 1 unspecified atom stereocenters. The van der Waals surface area contributed by atoms with Crippen molar-refractivity contribution in [3.8, 4) is 5.75 Å². The number of amides is 1. The van der Waals surface area contributed by atoms with Gasteiger partial charge in [0.1, 0.15) is 11.5 Å². The number of benzene rings is 1. The quantitative estimate of drug-likeness (QED) is 0.636. The number of esters is 1. The molecule has 0 saturated carbocycles. The van der Waals surface area contributed by atoms with Gasteiger partial charge in [0.25, 0.3) is 0 Å². The van der Waals surface area contributed by atoms with Gasteiger partial charge < -0.3 is 14.4 Å². The number of carbonyl (C=O) groups excluding carboxylic acids is 2. The highest BCUT2D eigenvalue weighted by atomic mass is 16.5. The van der Waals surface area contributed by atoms with Gasteiger partial charge >= 0.3 is 5.97 Å². The molecule has 2 fully saturated rings. The number of methoxy groups -OCH3 is 1. The van der Waals surface area contributed by atoms with E-state index in [1.165, 1.54) is 6.92 Å². The van der Waals surface area contributed by atoms with Crippen LogP contribution in [0, 0.1) is 0 Å². The van der Waals surface area contributed by atoms with E-state index >= 15 is 0 Å². The summed E-state index contributed by atoms with van der Waals surface area (Å²) in [7, 11) is 1.61. The van der Waals surface area contributed by atoms with Crippen molar-refractivity contribution in [1.82, 2.24) is 4.90 Å². The first-order valence-electron chi connectivity index (χ1n) is 7.95. The van der Waals surface area contributed by atoms with E-state index in [9.17, 15) is 9.59 Å². The molecule has 1 atom stereocenters. The molecule has 0 bridgehead atoms. The van der Waals surface area contributed by atoms with Crippen LogP contribution in [0.15, 0.2) is 29.8 Å². The van der Waals surface area contributed by atoms with E-state index in [2.05, 4.69) is 0 Å². The van der Waals surface area contributed by atoms with Crippen LogP contribution in [0.3, 0.4) is 0 Å². The zero-order chi connectivity index (χ0) is 16.4. The maximum atomic E-state index is 12.1. The Morgan fingerprint density at radius 3 is 2.61 bits per heavy atom. The second kappa shape index (κ2) is 6.44. The summed E-state index contributed by atoms with van der Waals surface area (Å²) >= 11 is 0. The predicted molar refractivity (Wildman–Crippen MR) is 85.6 cm³/mol. The van der Waals surface area contributed by atoms with Crippen molar-refractivity contribution in [2.45, 2.75) is 38.6 Å². The molecule has 5 nitrogen and oxygen atoms in total. The van der Waals surface area contributed by atoms with Gasteiger partial charge in [0.15, 0.2) is 0 Å². The van der Waals surface area contributed by atoms with Crippen molar-refractivity contribution in [3.05, 3.63) is 35.4 Å². The van der Waals surface area contributed by atoms with E-state index in [0.29, 0.717) is 18.6 Å². The van der Waals surface area contributed by atoms with Crippen molar-refractivity contribution in [3.63, 3.8) is 0 Å². The lowest BCUT2D eigenvalue weighted by Crippen LogP contribution is -2.41. The van der Waals surface area contributed by atoms with E-state index in [4.69, 9.17) is 9.47 Å². The standard InChI is InChI=1S/C18H21NO4/c1-12(20)23-18(13-5-7-14(22-2)8-6-13)15-9-10-17(21)19-11-3-4-16(15)19/h5-8,16H,3-4,9-11H2,1-2H3/b18-15+. The number of fused-ring (bicyclic) bond motifs is 1. The Morgan fingerprint density at radius 1 is 1.22 bits per heavy atom. The lowest BCUT2D eigenvalue weighted by Gasteiger charge is -2.33. The summed E-state index contributed by atoms with van der Waals surface area (Å²) in [6.45, 7) is 2.20. The first-order chi connectivity index (χ1) is 11.1. The van der Waals surface area contributed by atoms with Crippen molar-refractivity contribution in [1.29, 1.82) is 0 Å². The molecule has 1 aromatic carbocycles. The Labute approximate surface area is 135 Å². The number of rotatable bonds is 3. The van der Waals surface area contributed by atoms with Crippen LogP contribution in [-0.2, 0) is 14.3 Å². The van der Waals surface area contributed by atoms with Crippen molar-refractivity contribution in [2.24, 2.45) is 0 Å². The topological polar surface area (TPSA) is 55.8 Å². The van der Waals surface area contributed by atoms with E-state index < -0.39 is 0 Å². The van der Waals surface area contributed by atoms with Gasteiger partial charge in [0.05, 0.1) is 13.2 Å². The van der Waals surface area contributed by atoms with Crippen LogP contribution < -0.4 is 4.74 Å². The number of ether oxygens (including phenoxy) is 2. The number of carbonyl (C=O) groups is 2. The van der Waals surface area contributed by atoms with Gasteiger partial charge in [-0.05, 0) is 49.1 Å². The minimum absolute atomic E-state index is 0.0627. The maximum Gasteiger partial charge on any atom is 0.308 e. The largest absolute Gasteiger partial charge is 0.497 e. The molecule has 0 aromatic heterocycles. The fourth-order valence-electron chi connectivity index (χ4n) is 3.44. The summed E-state index contributed by atoms with van der Waals surface area (Å²) in [6, 6.07) is 7.53. The van der Waals surface area contributed by atoms with Crippen LogP contribution >= 0.6 is 0 Å². The zero-order valence-corrected chi connectivity index (χ0v) is 13.5. The molecule has 0 aliphatic carbocycles. The highest BCUT2D eigenvalue weighted by Gasteiger charge is 2.37. The van der Waals surface area contributed by atoms with Gasteiger partial charge in [0.2, 0.25) is 5.91 Å². The molecule has 1 aromatic rings. The molecule has 0 radical (unpaired) electrons. The smallest absolute Gasteiger partial charge is 0.308 e. The summed E-state index contributed by atoms with van der Waals surface area (Å²) in [5, 5.41) is 0. The van der Waals surface area contributed by atoms with Gasteiger partial charge in [-0.1, -0.05) is 0 Å². The summed E-state index contributed by atoms with van der Waals surface area (Å²) in [5.41, 5.74) is 1.90. The molecule has 2 aliphatic heterocycles. The molecule has 0 spiro atoms. The highest BCUT2D eigenvalue weighted by Crippen LogP contribution is 2.37. The Balaban J connectivity index is 2.02. The molecule has 122 valence electrons. The van der Waals surface area contributed by atoms with Crippen LogP contribution in [0.4, 0.5) is 0 Å². The minimum atomic E-state index is -0.343. The van der Waals surface area contributed by atoms with E-state index in [1.807, 2.05) is 29.2 Å². The molecule has 3 rings (SSSR count). The fraction of sp³-hybridized carbons (Fsp3) is 0.444. The molecular formula is C18H21NO4. The molecular weight excluding hydrogens is 294 g/mol. The first-order valence-corrected chi connectivity index (χ1v) is 7.95. The third kappa shape index (κ3) is 3.09. The molecule has 0 N–H and O–H groups in total. The second-order valence-electron chi connectivity index (χ2n) is 5.92. The van der Waals surface area contributed by atoms with E-state index in [-0.39, 0.29) is 17.9 Å². The monoisotopic (exact) mass is 315 g/mol. The molecule has 2 saturated heterocycles. The summed E-state index contributed by atoms with van der Waals surface area (Å²) in [5.74, 6) is 1.21. The van der Waals surface area contributed by atoms with Gasteiger partial charge in [-0.15, -0.1) is 0 Å². The van der Waals surface area contributed by atoms with Crippen LogP contribution in [0.2, 0.25) is 0 Å². The minimum Gasteiger partial charge on any atom is -0.497 e.